The van der Waals surface area contributed by atoms with Gasteiger partial charge in [0.15, 0.2) is 15.3 Å². The molecule has 21 heavy (non-hydrogen) atoms. The molecule has 2 aromatic rings. The van der Waals surface area contributed by atoms with Crippen LogP contribution in [0.4, 0.5) is 0 Å². The van der Waals surface area contributed by atoms with Crippen molar-refractivity contribution >= 4 is 20.7 Å². The number of hydrogen-bond donors (Lipinski definition) is 1. The number of nitrogens with zero attached hydrogens (tertiary/aromatic N) is 1. The van der Waals surface area contributed by atoms with Crippen molar-refractivity contribution in [2.24, 2.45) is 0 Å². The third kappa shape index (κ3) is 3.01. The van der Waals surface area contributed by atoms with Crippen LogP contribution in [-0.2, 0) is 16.4 Å². The van der Waals surface area contributed by atoms with Crippen LogP contribution in [0.1, 0.15) is 12.1 Å². The van der Waals surface area contributed by atoms with E-state index in [1.54, 1.807) is 12.1 Å². The van der Waals surface area contributed by atoms with Crippen molar-refractivity contribution < 1.29 is 8.42 Å². The maximum Gasteiger partial charge on any atom is 0.189 e. The molecule has 0 unspecified atom stereocenters. The normalized spacial score (nSPS) is 21.1. The van der Waals surface area contributed by atoms with Gasteiger partial charge in [0.1, 0.15) is 0 Å². The van der Waals surface area contributed by atoms with E-state index in [4.69, 9.17) is 0 Å². The van der Waals surface area contributed by atoms with Gasteiger partial charge >= 0.3 is 0 Å². The molecule has 1 aromatic heterocycles. The second kappa shape index (κ2) is 5.27. The fourth-order valence-electron chi connectivity index (χ4n) is 2.86. The molecule has 1 saturated heterocycles. The molecule has 0 radical (unpaired) electrons. The van der Waals surface area contributed by atoms with Crippen molar-refractivity contribution in [1.82, 2.24) is 9.88 Å². The van der Waals surface area contributed by atoms with Crippen molar-refractivity contribution in [2.75, 3.05) is 18.6 Å². The third-order valence-corrected chi connectivity index (χ3v) is 5.79. The Labute approximate surface area is 123 Å². The Bertz CT molecular complexity index is 826. The van der Waals surface area contributed by atoms with Gasteiger partial charge in [0.25, 0.3) is 0 Å². The fraction of sp³-hybridized carbons (Fsp3) is 0.400. The van der Waals surface area contributed by atoms with E-state index in [9.17, 15) is 13.2 Å². The Kier molecular flexibility index (Phi) is 3.59. The molecule has 1 N–H and O–H groups in total. The SMILES string of the molecule is CN(Cc1cc(=O)c2ccccc2[nH]1)[C@H]1CCS(=O)(=O)C1. The van der Waals surface area contributed by atoms with Crippen LogP contribution in [0, 0.1) is 0 Å². The summed E-state index contributed by atoms with van der Waals surface area (Å²) in [4.78, 5) is 17.3. The number of nitrogens with one attached hydrogen (secondary N) is 1. The van der Waals surface area contributed by atoms with Crippen molar-refractivity contribution in [3.63, 3.8) is 0 Å². The zero-order valence-electron chi connectivity index (χ0n) is 11.9. The first-order chi connectivity index (χ1) is 9.94. The molecule has 0 spiro atoms. The summed E-state index contributed by atoms with van der Waals surface area (Å²) in [6.45, 7) is 0.542. The highest BCUT2D eigenvalue weighted by atomic mass is 32.2. The van der Waals surface area contributed by atoms with Gasteiger partial charge in [-0.3, -0.25) is 9.69 Å². The second-order valence-corrected chi connectivity index (χ2v) is 7.91. The van der Waals surface area contributed by atoms with Gasteiger partial charge in [-0.2, -0.15) is 0 Å². The number of para-hydroxylation sites is 1. The van der Waals surface area contributed by atoms with Crippen molar-refractivity contribution in [1.29, 1.82) is 0 Å². The highest BCUT2D eigenvalue weighted by molar-refractivity contribution is 7.91. The molecule has 1 aliphatic rings. The van der Waals surface area contributed by atoms with Gasteiger partial charge in [0, 0.05) is 35.2 Å². The molecule has 0 bridgehead atoms. The van der Waals surface area contributed by atoms with Gasteiger partial charge < -0.3 is 4.98 Å². The van der Waals surface area contributed by atoms with E-state index < -0.39 is 9.84 Å². The van der Waals surface area contributed by atoms with E-state index >= 15 is 0 Å². The Hall–Kier alpha value is -1.66. The van der Waals surface area contributed by atoms with Crippen molar-refractivity contribution in [2.45, 2.75) is 19.0 Å². The van der Waals surface area contributed by atoms with Gasteiger partial charge in [-0.25, -0.2) is 8.42 Å². The van der Waals surface area contributed by atoms with Crippen LogP contribution >= 0.6 is 0 Å². The molecule has 0 amide bonds. The Morgan fingerprint density at radius 3 is 2.81 bits per heavy atom. The van der Waals surface area contributed by atoms with Crippen molar-refractivity contribution in [3.8, 4) is 0 Å². The summed E-state index contributed by atoms with van der Waals surface area (Å²) >= 11 is 0. The number of pyridine rings is 1. The van der Waals surface area contributed by atoms with Crippen LogP contribution in [0.3, 0.4) is 0 Å². The summed E-state index contributed by atoms with van der Waals surface area (Å²) in [7, 11) is -0.987. The quantitative estimate of drug-likeness (QED) is 0.923. The zero-order valence-corrected chi connectivity index (χ0v) is 12.7. The molecule has 1 aromatic carbocycles. The molecule has 0 aliphatic carbocycles. The Morgan fingerprint density at radius 1 is 1.33 bits per heavy atom. The summed E-state index contributed by atoms with van der Waals surface area (Å²) in [6.07, 6.45) is 0.663. The number of benzene rings is 1. The lowest BCUT2D eigenvalue weighted by atomic mass is 10.1. The highest BCUT2D eigenvalue weighted by Gasteiger charge is 2.30. The minimum absolute atomic E-state index is 0.00760. The monoisotopic (exact) mass is 306 g/mol. The van der Waals surface area contributed by atoms with E-state index in [1.165, 1.54) is 0 Å². The minimum Gasteiger partial charge on any atom is -0.357 e. The predicted molar refractivity (Wildman–Crippen MR) is 83.1 cm³/mol. The first-order valence-electron chi connectivity index (χ1n) is 6.96. The minimum atomic E-state index is -2.89. The molecule has 1 aliphatic heterocycles. The summed E-state index contributed by atoms with van der Waals surface area (Å²) in [6, 6.07) is 9.03. The smallest absolute Gasteiger partial charge is 0.189 e. The summed E-state index contributed by atoms with van der Waals surface area (Å²) in [5, 5.41) is 0.673. The van der Waals surface area contributed by atoms with Gasteiger partial charge in [0.2, 0.25) is 0 Å². The standard InChI is InChI=1S/C15H18N2O3S/c1-17(12-6-7-21(19,20)10-12)9-11-8-15(18)13-4-2-3-5-14(13)16-11/h2-5,8,12H,6-7,9-10H2,1H3,(H,16,18)/t12-/m0/s1. The number of sulfone groups is 1. The maximum absolute atomic E-state index is 12.1. The molecule has 1 fully saturated rings. The lowest BCUT2D eigenvalue weighted by Crippen LogP contribution is -2.32. The maximum atomic E-state index is 12.1. The highest BCUT2D eigenvalue weighted by Crippen LogP contribution is 2.18. The van der Waals surface area contributed by atoms with E-state index in [0.29, 0.717) is 18.4 Å². The average Bonchev–Trinajstić information content (AvgIpc) is 2.79. The van der Waals surface area contributed by atoms with Gasteiger partial charge in [0.05, 0.1) is 11.5 Å². The molecule has 1 atom stereocenters. The number of hydrogen-bond acceptors (Lipinski definition) is 4. The van der Waals surface area contributed by atoms with Crippen LogP contribution < -0.4 is 5.43 Å². The molecule has 112 valence electrons. The van der Waals surface area contributed by atoms with E-state index in [0.717, 1.165) is 11.2 Å². The second-order valence-electron chi connectivity index (χ2n) is 5.68. The molecule has 5 nitrogen and oxygen atoms in total. The summed E-state index contributed by atoms with van der Waals surface area (Å²) < 4.78 is 23.1. The third-order valence-electron chi connectivity index (χ3n) is 4.04. The van der Waals surface area contributed by atoms with Crippen LogP contribution in [0.25, 0.3) is 10.9 Å². The molecular weight excluding hydrogens is 288 g/mol. The van der Waals surface area contributed by atoms with Crippen LogP contribution in [0.2, 0.25) is 0 Å². The van der Waals surface area contributed by atoms with E-state index in [2.05, 4.69) is 4.98 Å². The van der Waals surface area contributed by atoms with Gasteiger partial charge in [-0.1, -0.05) is 12.1 Å². The van der Waals surface area contributed by atoms with Crippen molar-refractivity contribution in [3.05, 3.63) is 46.2 Å². The lowest BCUT2D eigenvalue weighted by molar-refractivity contribution is 0.251. The number of H-pyrrole nitrogens is 1. The number of rotatable bonds is 3. The molecule has 3 rings (SSSR count). The average molecular weight is 306 g/mol. The topological polar surface area (TPSA) is 70.2 Å². The number of aromatic amines is 1. The molecule has 2 heterocycles. The van der Waals surface area contributed by atoms with Crippen LogP contribution in [0.5, 0.6) is 0 Å². The Morgan fingerprint density at radius 2 is 2.10 bits per heavy atom. The van der Waals surface area contributed by atoms with Crippen LogP contribution in [0.15, 0.2) is 35.1 Å². The molecule has 0 saturated carbocycles. The lowest BCUT2D eigenvalue weighted by Gasteiger charge is -2.22. The number of aromatic nitrogens is 1. The van der Waals surface area contributed by atoms with E-state index in [1.807, 2.05) is 30.1 Å². The first kappa shape index (κ1) is 14.3. The predicted octanol–water partition coefficient (Wildman–Crippen LogP) is 1.15. The first-order valence-corrected chi connectivity index (χ1v) is 8.78. The van der Waals surface area contributed by atoms with Gasteiger partial charge in [-0.15, -0.1) is 0 Å². The van der Waals surface area contributed by atoms with Gasteiger partial charge in [-0.05, 0) is 25.6 Å². The molecular formula is C15H18N2O3S. The molecule has 6 heteroatoms. The Balaban J connectivity index is 1.83. The zero-order chi connectivity index (χ0) is 15.0. The summed E-state index contributed by atoms with van der Waals surface area (Å²) in [5.41, 5.74) is 1.62. The fourth-order valence-corrected chi connectivity index (χ4v) is 4.66. The van der Waals surface area contributed by atoms with E-state index in [-0.39, 0.29) is 23.0 Å². The number of fused-ring (bicyclic) bond motifs is 1. The van der Waals surface area contributed by atoms with Crippen LogP contribution in [-0.4, -0.2) is 42.9 Å². The largest absolute Gasteiger partial charge is 0.357 e. The summed E-state index contributed by atoms with van der Waals surface area (Å²) in [5.74, 6) is 0.470.